The Balaban J connectivity index is 2.15. The fraction of sp³-hybridized carbons (Fsp3) is 0.0714. The van der Waals surface area contributed by atoms with E-state index in [1.54, 1.807) is 0 Å². The van der Waals surface area contributed by atoms with Crippen molar-refractivity contribution in [3.05, 3.63) is 57.6 Å². The molecule has 0 radical (unpaired) electrons. The predicted molar refractivity (Wildman–Crippen MR) is 76.8 cm³/mol. The summed E-state index contributed by atoms with van der Waals surface area (Å²) in [5.41, 5.74) is 0.0431. The Morgan fingerprint density at radius 1 is 1.19 bits per heavy atom. The molecule has 0 unspecified atom stereocenters. The predicted octanol–water partition coefficient (Wildman–Crippen LogP) is 4.16. The van der Waals surface area contributed by atoms with Gasteiger partial charge in [-0.15, -0.1) is 0 Å². The normalized spacial score (nSPS) is 10.5. The molecule has 7 heteroatoms. The lowest BCUT2D eigenvalue weighted by atomic mass is 10.1. The average Bonchev–Trinajstić information content (AvgIpc) is 2.38. The molecular weight excluding hydrogens is 323 g/mol. The molecule has 0 fully saturated rings. The topological polar surface area (TPSA) is 49.3 Å². The molecule has 110 valence electrons. The lowest BCUT2D eigenvalue weighted by Crippen LogP contribution is -2.15. The Bertz CT molecular complexity index is 708. The molecule has 0 aliphatic heterocycles. The highest BCUT2D eigenvalue weighted by atomic mass is 35.5. The maximum atomic E-state index is 13.4. The van der Waals surface area contributed by atoms with E-state index in [2.05, 4.69) is 5.32 Å². The number of nitrogens with one attached hydrogen (secondary N) is 1. The fourth-order valence-electron chi connectivity index (χ4n) is 1.69. The first-order valence-corrected chi connectivity index (χ1v) is 6.54. The number of aromatic hydroxyl groups is 1. The lowest BCUT2D eigenvalue weighted by Gasteiger charge is -2.09. The van der Waals surface area contributed by atoms with Crippen molar-refractivity contribution in [1.82, 2.24) is 0 Å². The number of halogens is 4. The molecule has 0 spiro atoms. The molecule has 2 aromatic rings. The molecule has 21 heavy (non-hydrogen) atoms. The van der Waals surface area contributed by atoms with Crippen molar-refractivity contribution in [2.45, 2.75) is 6.42 Å². The number of hydrogen-bond donors (Lipinski definition) is 2. The van der Waals surface area contributed by atoms with Gasteiger partial charge in [0.15, 0.2) is 5.75 Å². The third-order valence-electron chi connectivity index (χ3n) is 2.67. The second-order valence-electron chi connectivity index (χ2n) is 4.24. The Labute approximate surface area is 129 Å². The minimum atomic E-state index is -0.821. The summed E-state index contributed by atoms with van der Waals surface area (Å²) in [6, 6.07) is 5.54. The second kappa shape index (κ2) is 6.28. The van der Waals surface area contributed by atoms with Crippen LogP contribution < -0.4 is 5.32 Å². The Morgan fingerprint density at radius 3 is 2.57 bits per heavy atom. The number of phenolic OH excluding ortho intramolecular Hbond substituents is 1. The van der Waals surface area contributed by atoms with Crippen LogP contribution in [0.1, 0.15) is 5.56 Å². The maximum Gasteiger partial charge on any atom is 0.229 e. The van der Waals surface area contributed by atoms with Gasteiger partial charge in [-0.25, -0.2) is 8.78 Å². The van der Waals surface area contributed by atoms with E-state index in [1.807, 2.05) is 0 Å². The number of phenols is 1. The molecule has 1 amide bonds. The molecule has 0 atom stereocenters. The van der Waals surface area contributed by atoms with Gasteiger partial charge in [0.25, 0.3) is 0 Å². The molecule has 0 saturated heterocycles. The van der Waals surface area contributed by atoms with Crippen LogP contribution in [0.2, 0.25) is 10.0 Å². The largest absolute Gasteiger partial charge is 0.504 e. The second-order valence-corrected chi connectivity index (χ2v) is 5.09. The zero-order valence-corrected chi connectivity index (χ0v) is 12.0. The first kappa shape index (κ1) is 15.5. The molecule has 3 nitrogen and oxygen atoms in total. The van der Waals surface area contributed by atoms with E-state index in [4.69, 9.17) is 23.2 Å². The van der Waals surface area contributed by atoms with E-state index in [0.29, 0.717) is 6.07 Å². The van der Waals surface area contributed by atoms with Gasteiger partial charge in [0.2, 0.25) is 5.91 Å². The van der Waals surface area contributed by atoms with Crippen LogP contribution in [-0.4, -0.2) is 11.0 Å². The Hall–Kier alpha value is -1.85. The first-order valence-electron chi connectivity index (χ1n) is 5.78. The Kier molecular flexibility index (Phi) is 4.65. The number of carbonyl (C=O) groups excluding carboxylic acids is 1. The van der Waals surface area contributed by atoms with E-state index >= 15 is 0 Å². The van der Waals surface area contributed by atoms with Crippen LogP contribution >= 0.6 is 23.2 Å². The van der Waals surface area contributed by atoms with Crippen LogP contribution in [0.3, 0.4) is 0 Å². The third kappa shape index (κ3) is 3.83. The van der Waals surface area contributed by atoms with E-state index < -0.39 is 17.5 Å². The van der Waals surface area contributed by atoms with Crippen molar-refractivity contribution < 1.29 is 18.7 Å². The summed E-state index contributed by atoms with van der Waals surface area (Å²) in [4.78, 5) is 11.8. The molecule has 0 bridgehead atoms. The summed E-state index contributed by atoms with van der Waals surface area (Å²) in [5, 5.41) is 12.3. The van der Waals surface area contributed by atoms with Crippen molar-refractivity contribution in [1.29, 1.82) is 0 Å². The van der Waals surface area contributed by atoms with Crippen LogP contribution in [0.5, 0.6) is 5.75 Å². The summed E-state index contributed by atoms with van der Waals surface area (Å²) >= 11 is 11.5. The summed E-state index contributed by atoms with van der Waals surface area (Å²) < 4.78 is 26.2. The zero-order valence-electron chi connectivity index (χ0n) is 10.5. The van der Waals surface area contributed by atoms with Gasteiger partial charge in [0.1, 0.15) is 11.6 Å². The summed E-state index contributed by atoms with van der Waals surface area (Å²) in [5.74, 6) is -2.49. The molecular formula is C14H9Cl2F2NO2. The zero-order chi connectivity index (χ0) is 15.6. The molecule has 0 aliphatic carbocycles. The molecule has 2 aromatic carbocycles. The SMILES string of the molecule is O=C(Cc1ccc(F)cc1F)Nc1cc(Cl)cc(Cl)c1O. The van der Waals surface area contributed by atoms with Gasteiger partial charge in [0.05, 0.1) is 17.1 Å². The number of amides is 1. The summed E-state index contributed by atoms with van der Waals surface area (Å²) in [6.45, 7) is 0. The molecule has 2 N–H and O–H groups in total. The number of benzene rings is 2. The van der Waals surface area contributed by atoms with Crippen LogP contribution in [0.15, 0.2) is 30.3 Å². The highest BCUT2D eigenvalue weighted by molar-refractivity contribution is 6.36. The fourth-order valence-corrected chi connectivity index (χ4v) is 2.19. The average molecular weight is 332 g/mol. The van der Waals surface area contributed by atoms with Crippen molar-refractivity contribution in [3.63, 3.8) is 0 Å². The molecule has 0 aromatic heterocycles. The van der Waals surface area contributed by atoms with Gasteiger partial charge in [-0.3, -0.25) is 4.79 Å². The Morgan fingerprint density at radius 2 is 1.90 bits per heavy atom. The third-order valence-corrected chi connectivity index (χ3v) is 3.17. The minimum Gasteiger partial charge on any atom is -0.504 e. The molecule has 0 saturated carbocycles. The summed E-state index contributed by atoms with van der Waals surface area (Å²) in [7, 11) is 0. The van der Waals surface area contributed by atoms with Gasteiger partial charge in [0, 0.05) is 11.1 Å². The number of carbonyl (C=O) groups is 1. The molecule has 2 rings (SSSR count). The quantitative estimate of drug-likeness (QED) is 0.830. The lowest BCUT2D eigenvalue weighted by molar-refractivity contribution is -0.115. The first-order chi connectivity index (χ1) is 9.86. The van der Waals surface area contributed by atoms with Gasteiger partial charge in [-0.05, 0) is 23.8 Å². The molecule has 0 heterocycles. The highest BCUT2D eigenvalue weighted by Gasteiger charge is 2.13. The van der Waals surface area contributed by atoms with Gasteiger partial charge >= 0.3 is 0 Å². The smallest absolute Gasteiger partial charge is 0.229 e. The monoisotopic (exact) mass is 331 g/mol. The van der Waals surface area contributed by atoms with E-state index in [-0.39, 0.29) is 33.5 Å². The van der Waals surface area contributed by atoms with Crippen molar-refractivity contribution in [2.75, 3.05) is 5.32 Å². The van der Waals surface area contributed by atoms with E-state index in [1.165, 1.54) is 18.2 Å². The number of hydrogen-bond acceptors (Lipinski definition) is 2. The van der Waals surface area contributed by atoms with Crippen molar-refractivity contribution in [3.8, 4) is 5.75 Å². The van der Waals surface area contributed by atoms with Crippen LogP contribution in [0, 0.1) is 11.6 Å². The van der Waals surface area contributed by atoms with Crippen LogP contribution in [-0.2, 0) is 11.2 Å². The van der Waals surface area contributed by atoms with Gasteiger partial charge in [-0.1, -0.05) is 29.3 Å². The van der Waals surface area contributed by atoms with Crippen LogP contribution in [0.4, 0.5) is 14.5 Å². The standard InChI is InChI=1S/C14H9Cl2F2NO2/c15-8-4-10(16)14(21)12(5-8)19-13(20)3-7-1-2-9(17)6-11(7)18/h1-2,4-6,21H,3H2,(H,19,20). The van der Waals surface area contributed by atoms with Crippen LogP contribution in [0.25, 0.3) is 0 Å². The van der Waals surface area contributed by atoms with Gasteiger partial charge < -0.3 is 10.4 Å². The van der Waals surface area contributed by atoms with Crippen molar-refractivity contribution >= 4 is 34.8 Å². The number of anilines is 1. The summed E-state index contributed by atoms with van der Waals surface area (Å²) in [6.07, 6.45) is -0.324. The van der Waals surface area contributed by atoms with E-state index in [9.17, 15) is 18.7 Å². The highest BCUT2D eigenvalue weighted by Crippen LogP contribution is 2.35. The number of rotatable bonds is 3. The maximum absolute atomic E-state index is 13.4. The minimum absolute atomic E-state index is 0.0139. The van der Waals surface area contributed by atoms with Gasteiger partial charge in [-0.2, -0.15) is 0 Å². The van der Waals surface area contributed by atoms with E-state index in [0.717, 1.165) is 6.07 Å². The van der Waals surface area contributed by atoms with Crippen molar-refractivity contribution in [2.24, 2.45) is 0 Å². The molecule has 0 aliphatic rings.